The summed E-state index contributed by atoms with van der Waals surface area (Å²) >= 11 is 0. The number of epoxide rings is 2. The Morgan fingerprint density at radius 3 is 1.38 bits per heavy atom. The van der Waals surface area contributed by atoms with Crippen LogP contribution in [-0.2, 0) is 35.4 Å². The fourth-order valence-electron chi connectivity index (χ4n) is 3.14. The molecule has 126 valence electrons. The second-order valence-corrected chi connectivity index (χ2v) is 7.12. The third-order valence-electron chi connectivity index (χ3n) is 4.68. The summed E-state index contributed by atoms with van der Waals surface area (Å²) in [4.78, 5) is 2.36. The Morgan fingerprint density at radius 1 is 0.708 bits per heavy atom. The second kappa shape index (κ2) is 7.06. The lowest BCUT2D eigenvalue weighted by molar-refractivity contribution is 0.319. The Morgan fingerprint density at radius 2 is 1.04 bits per heavy atom. The van der Waals surface area contributed by atoms with Gasteiger partial charge in [-0.25, -0.2) is 0 Å². The van der Waals surface area contributed by atoms with Gasteiger partial charge in [0.05, 0.1) is 25.4 Å². The van der Waals surface area contributed by atoms with Crippen molar-refractivity contribution in [2.75, 3.05) is 20.3 Å². The molecule has 2 saturated heterocycles. The zero-order chi connectivity index (χ0) is 16.4. The van der Waals surface area contributed by atoms with Gasteiger partial charge in [0.2, 0.25) is 0 Å². The molecule has 2 unspecified atom stereocenters. The van der Waals surface area contributed by atoms with Gasteiger partial charge in [-0.2, -0.15) is 0 Å². The van der Waals surface area contributed by atoms with Crippen molar-refractivity contribution in [1.82, 2.24) is 4.90 Å². The summed E-state index contributed by atoms with van der Waals surface area (Å²) in [7, 11) is 2.18. The summed E-state index contributed by atoms with van der Waals surface area (Å²) in [5.41, 5.74) is 5.47. The molecule has 0 saturated carbocycles. The minimum atomic E-state index is 0.466. The van der Waals surface area contributed by atoms with Gasteiger partial charge in [-0.3, -0.25) is 4.90 Å². The van der Waals surface area contributed by atoms with Gasteiger partial charge in [-0.05, 0) is 29.3 Å². The number of ether oxygens (including phenoxy) is 2. The van der Waals surface area contributed by atoms with E-state index in [1.165, 1.54) is 22.3 Å². The first kappa shape index (κ1) is 15.8. The molecule has 4 rings (SSSR count). The fraction of sp³-hybridized carbons (Fsp3) is 0.429. The first-order valence-electron chi connectivity index (χ1n) is 8.82. The first-order chi connectivity index (χ1) is 11.7. The van der Waals surface area contributed by atoms with E-state index in [0.717, 1.165) is 39.1 Å². The van der Waals surface area contributed by atoms with Crippen LogP contribution >= 0.6 is 0 Å². The van der Waals surface area contributed by atoms with Crippen LogP contribution in [0.5, 0.6) is 0 Å². The van der Waals surface area contributed by atoms with Gasteiger partial charge in [-0.1, -0.05) is 48.5 Å². The van der Waals surface area contributed by atoms with E-state index in [0.29, 0.717) is 12.2 Å². The molecule has 3 heteroatoms. The molecule has 2 aliphatic rings. The number of rotatable bonds is 8. The van der Waals surface area contributed by atoms with E-state index < -0.39 is 0 Å². The van der Waals surface area contributed by atoms with Gasteiger partial charge in [0.1, 0.15) is 0 Å². The Kier molecular flexibility index (Phi) is 4.65. The summed E-state index contributed by atoms with van der Waals surface area (Å²) < 4.78 is 10.6. The predicted molar refractivity (Wildman–Crippen MR) is 94.9 cm³/mol. The van der Waals surface area contributed by atoms with E-state index in [-0.39, 0.29) is 0 Å². The maximum atomic E-state index is 5.29. The highest BCUT2D eigenvalue weighted by Gasteiger charge is 2.23. The fourth-order valence-corrected chi connectivity index (χ4v) is 3.14. The van der Waals surface area contributed by atoms with Crippen LogP contribution in [0.25, 0.3) is 0 Å². The van der Waals surface area contributed by atoms with Crippen LogP contribution in [-0.4, -0.2) is 37.4 Å². The van der Waals surface area contributed by atoms with Crippen molar-refractivity contribution in [3.8, 4) is 0 Å². The molecule has 3 nitrogen and oxygen atoms in total. The molecule has 2 fully saturated rings. The molecule has 2 heterocycles. The highest BCUT2D eigenvalue weighted by Crippen LogP contribution is 2.18. The van der Waals surface area contributed by atoms with E-state index >= 15 is 0 Å². The Bertz CT molecular complexity index is 598. The topological polar surface area (TPSA) is 28.3 Å². The van der Waals surface area contributed by atoms with E-state index in [9.17, 15) is 0 Å². The third kappa shape index (κ3) is 4.67. The maximum Gasteiger partial charge on any atom is 0.0850 e. The van der Waals surface area contributed by atoms with Crippen molar-refractivity contribution in [2.24, 2.45) is 0 Å². The van der Waals surface area contributed by atoms with Crippen LogP contribution < -0.4 is 0 Å². The largest absolute Gasteiger partial charge is 0.373 e. The lowest BCUT2D eigenvalue weighted by atomic mass is 10.1. The van der Waals surface area contributed by atoms with Crippen LogP contribution in [0.4, 0.5) is 0 Å². The van der Waals surface area contributed by atoms with Crippen LogP contribution in [0.2, 0.25) is 0 Å². The SMILES string of the molecule is CN(Cc1ccc(CC2CO2)cc1)Cc1ccc(CC2CO2)cc1. The summed E-state index contributed by atoms with van der Waals surface area (Å²) in [5.74, 6) is 0. The summed E-state index contributed by atoms with van der Waals surface area (Å²) in [5, 5.41) is 0. The number of hydrogen-bond donors (Lipinski definition) is 0. The van der Waals surface area contributed by atoms with E-state index in [1.807, 2.05) is 0 Å². The normalized spacial score (nSPS) is 21.9. The molecule has 0 bridgehead atoms. The minimum absolute atomic E-state index is 0.466. The van der Waals surface area contributed by atoms with Crippen LogP contribution in [0.3, 0.4) is 0 Å². The van der Waals surface area contributed by atoms with Crippen molar-refractivity contribution >= 4 is 0 Å². The highest BCUT2D eigenvalue weighted by molar-refractivity contribution is 5.25. The molecular formula is C21H25NO2. The van der Waals surface area contributed by atoms with Gasteiger partial charge in [0.25, 0.3) is 0 Å². The van der Waals surface area contributed by atoms with E-state index in [4.69, 9.17) is 9.47 Å². The lowest BCUT2D eigenvalue weighted by Gasteiger charge is -2.17. The van der Waals surface area contributed by atoms with Crippen molar-refractivity contribution in [2.45, 2.75) is 38.1 Å². The molecule has 0 amide bonds. The van der Waals surface area contributed by atoms with E-state index in [1.54, 1.807) is 0 Å². The Balaban J connectivity index is 1.27. The number of hydrogen-bond acceptors (Lipinski definition) is 3. The Labute approximate surface area is 144 Å². The van der Waals surface area contributed by atoms with Gasteiger partial charge in [-0.15, -0.1) is 0 Å². The molecule has 2 atom stereocenters. The van der Waals surface area contributed by atoms with Crippen molar-refractivity contribution < 1.29 is 9.47 Å². The summed E-state index contributed by atoms with van der Waals surface area (Å²) in [6, 6.07) is 17.9. The molecular weight excluding hydrogens is 298 g/mol. The number of benzene rings is 2. The lowest BCUT2D eigenvalue weighted by Crippen LogP contribution is -2.17. The van der Waals surface area contributed by atoms with Crippen molar-refractivity contribution in [1.29, 1.82) is 0 Å². The van der Waals surface area contributed by atoms with Crippen molar-refractivity contribution in [3.05, 3.63) is 70.8 Å². The van der Waals surface area contributed by atoms with Crippen LogP contribution in [0.1, 0.15) is 22.3 Å². The zero-order valence-corrected chi connectivity index (χ0v) is 14.3. The first-order valence-corrected chi connectivity index (χ1v) is 8.82. The quantitative estimate of drug-likeness (QED) is 0.699. The molecule has 0 spiro atoms. The number of nitrogens with zero attached hydrogens (tertiary/aromatic N) is 1. The minimum Gasteiger partial charge on any atom is -0.373 e. The predicted octanol–water partition coefficient (Wildman–Crippen LogP) is 3.20. The summed E-state index contributed by atoms with van der Waals surface area (Å²) in [6.45, 7) is 3.80. The molecule has 0 radical (unpaired) electrons. The average Bonchev–Trinajstić information content (AvgIpc) is 3.48. The van der Waals surface area contributed by atoms with Crippen molar-refractivity contribution in [3.63, 3.8) is 0 Å². The standard InChI is InChI=1S/C21H25NO2/c1-22(12-18-6-2-16(3-7-18)10-20-14-23-20)13-19-8-4-17(5-9-19)11-21-15-24-21/h2-9,20-21H,10-15H2,1H3. The van der Waals surface area contributed by atoms with E-state index in [2.05, 4.69) is 60.5 Å². The van der Waals surface area contributed by atoms with Gasteiger partial charge < -0.3 is 9.47 Å². The molecule has 24 heavy (non-hydrogen) atoms. The monoisotopic (exact) mass is 323 g/mol. The maximum absolute atomic E-state index is 5.29. The molecule has 0 aliphatic carbocycles. The molecule has 2 aromatic carbocycles. The zero-order valence-electron chi connectivity index (χ0n) is 14.3. The van der Waals surface area contributed by atoms with Gasteiger partial charge >= 0.3 is 0 Å². The van der Waals surface area contributed by atoms with Crippen LogP contribution in [0, 0.1) is 0 Å². The smallest absolute Gasteiger partial charge is 0.0850 e. The van der Waals surface area contributed by atoms with Gasteiger partial charge in [0.15, 0.2) is 0 Å². The van der Waals surface area contributed by atoms with Crippen LogP contribution in [0.15, 0.2) is 48.5 Å². The Hall–Kier alpha value is -1.68. The molecule has 2 aliphatic heterocycles. The summed E-state index contributed by atoms with van der Waals surface area (Å²) in [6.07, 6.45) is 3.03. The third-order valence-corrected chi connectivity index (χ3v) is 4.68. The average molecular weight is 323 g/mol. The second-order valence-electron chi connectivity index (χ2n) is 7.12. The molecule has 0 aromatic heterocycles. The highest BCUT2D eigenvalue weighted by atomic mass is 16.6. The molecule has 2 aromatic rings. The molecule has 0 N–H and O–H groups in total. The van der Waals surface area contributed by atoms with Gasteiger partial charge in [0, 0.05) is 25.9 Å².